The van der Waals surface area contributed by atoms with Gasteiger partial charge in [-0.3, -0.25) is 4.79 Å². The van der Waals surface area contributed by atoms with E-state index in [0.717, 1.165) is 0 Å². The second kappa shape index (κ2) is 7.34. The van der Waals surface area contributed by atoms with Crippen LogP contribution in [0.5, 0.6) is 23.0 Å². The first-order valence-electron chi connectivity index (χ1n) is 7.97. The molecule has 0 atom stereocenters. The molecule has 6 heteroatoms. The van der Waals surface area contributed by atoms with Crippen LogP contribution in [0.3, 0.4) is 0 Å². The molecule has 0 spiro atoms. The van der Waals surface area contributed by atoms with E-state index in [4.69, 9.17) is 18.9 Å². The molecule has 0 saturated carbocycles. The lowest BCUT2D eigenvalue weighted by Crippen LogP contribution is -2.56. The van der Waals surface area contributed by atoms with Crippen molar-refractivity contribution in [1.82, 2.24) is 4.90 Å². The van der Waals surface area contributed by atoms with Crippen molar-refractivity contribution in [2.45, 2.75) is 6.10 Å². The van der Waals surface area contributed by atoms with Gasteiger partial charge in [-0.1, -0.05) is 18.2 Å². The van der Waals surface area contributed by atoms with Gasteiger partial charge in [-0.25, -0.2) is 0 Å². The number of hydrogen-bond donors (Lipinski definition) is 0. The molecule has 1 aliphatic heterocycles. The molecule has 0 radical (unpaired) electrons. The highest BCUT2D eigenvalue weighted by atomic mass is 16.5. The smallest absolute Gasteiger partial charge is 0.261 e. The zero-order valence-corrected chi connectivity index (χ0v) is 14.5. The number of para-hydroxylation sites is 2. The van der Waals surface area contributed by atoms with Gasteiger partial charge in [-0.15, -0.1) is 0 Å². The molecule has 3 rings (SSSR count). The van der Waals surface area contributed by atoms with Crippen LogP contribution in [0.1, 0.15) is 10.4 Å². The summed E-state index contributed by atoms with van der Waals surface area (Å²) in [6.45, 7) is 0.996. The molecule has 1 fully saturated rings. The molecule has 2 aromatic carbocycles. The number of amides is 1. The Bertz CT molecular complexity index is 733. The first-order chi connectivity index (χ1) is 12.2. The molecule has 1 amide bonds. The first-order valence-corrected chi connectivity index (χ1v) is 7.97. The van der Waals surface area contributed by atoms with Gasteiger partial charge in [-0.2, -0.15) is 0 Å². The number of ether oxygens (including phenoxy) is 4. The summed E-state index contributed by atoms with van der Waals surface area (Å²) < 4.78 is 21.8. The molecule has 0 unspecified atom stereocenters. The minimum Gasteiger partial charge on any atom is -0.496 e. The Morgan fingerprint density at radius 2 is 1.36 bits per heavy atom. The van der Waals surface area contributed by atoms with Gasteiger partial charge in [0.15, 0.2) is 11.5 Å². The summed E-state index contributed by atoms with van der Waals surface area (Å²) in [5.74, 6) is 2.22. The summed E-state index contributed by atoms with van der Waals surface area (Å²) in [7, 11) is 4.68. The average molecular weight is 343 g/mol. The Morgan fingerprint density at radius 3 is 1.92 bits per heavy atom. The number of carbonyl (C=O) groups excluding carboxylic acids is 1. The van der Waals surface area contributed by atoms with Gasteiger partial charge in [0.2, 0.25) is 0 Å². The lowest BCUT2D eigenvalue weighted by molar-refractivity contribution is 0.0164. The summed E-state index contributed by atoms with van der Waals surface area (Å²) in [5, 5.41) is 0. The summed E-state index contributed by atoms with van der Waals surface area (Å²) >= 11 is 0. The molecule has 0 aromatic heterocycles. The maximum atomic E-state index is 12.8. The van der Waals surface area contributed by atoms with Crippen LogP contribution in [-0.4, -0.2) is 51.3 Å². The Hall–Kier alpha value is -2.89. The van der Waals surface area contributed by atoms with E-state index in [9.17, 15) is 4.79 Å². The quantitative estimate of drug-likeness (QED) is 0.807. The maximum Gasteiger partial charge on any atom is 0.261 e. The van der Waals surface area contributed by atoms with E-state index < -0.39 is 0 Å². The number of hydrogen-bond acceptors (Lipinski definition) is 5. The molecule has 6 nitrogen and oxygen atoms in total. The van der Waals surface area contributed by atoms with Gasteiger partial charge in [0.1, 0.15) is 23.2 Å². The van der Waals surface area contributed by atoms with E-state index in [1.165, 1.54) is 14.2 Å². The monoisotopic (exact) mass is 343 g/mol. The predicted molar refractivity (Wildman–Crippen MR) is 92.9 cm³/mol. The van der Waals surface area contributed by atoms with Crippen LogP contribution in [0.25, 0.3) is 0 Å². The first kappa shape index (κ1) is 17.0. The van der Waals surface area contributed by atoms with Crippen molar-refractivity contribution in [2.75, 3.05) is 34.4 Å². The van der Waals surface area contributed by atoms with Crippen molar-refractivity contribution in [3.8, 4) is 23.0 Å². The number of carbonyl (C=O) groups is 1. The van der Waals surface area contributed by atoms with Crippen molar-refractivity contribution in [3.05, 3.63) is 48.0 Å². The van der Waals surface area contributed by atoms with Gasteiger partial charge in [0.25, 0.3) is 5.91 Å². The van der Waals surface area contributed by atoms with Crippen LogP contribution in [-0.2, 0) is 0 Å². The Kier molecular flexibility index (Phi) is 4.97. The number of nitrogens with zero attached hydrogens (tertiary/aromatic N) is 1. The molecular weight excluding hydrogens is 322 g/mol. The van der Waals surface area contributed by atoms with Gasteiger partial charge in [-0.05, 0) is 24.3 Å². The molecule has 2 aromatic rings. The number of benzene rings is 2. The maximum absolute atomic E-state index is 12.8. The largest absolute Gasteiger partial charge is 0.496 e. The molecular formula is C19H21NO5. The van der Waals surface area contributed by atoms with Crippen LogP contribution in [0.2, 0.25) is 0 Å². The van der Waals surface area contributed by atoms with Gasteiger partial charge >= 0.3 is 0 Å². The Labute approximate surface area is 146 Å². The molecule has 0 N–H and O–H groups in total. The van der Waals surface area contributed by atoms with Crippen molar-refractivity contribution in [1.29, 1.82) is 0 Å². The van der Waals surface area contributed by atoms with Crippen molar-refractivity contribution in [2.24, 2.45) is 0 Å². The van der Waals surface area contributed by atoms with Gasteiger partial charge in [0.05, 0.1) is 34.4 Å². The zero-order chi connectivity index (χ0) is 17.8. The minimum atomic E-state index is -0.130. The fourth-order valence-corrected chi connectivity index (χ4v) is 2.79. The van der Waals surface area contributed by atoms with E-state index in [2.05, 4.69) is 0 Å². The lowest BCUT2D eigenvalue weighted by Gasteiger charge is -2.39. The third-order valence-corrected chi connectivity index (χ3v) is 4.14. The van der Waals surface area contributed by atoms with E-state index in [1.807, 2.05) is 24.3 Å². The number of rotatable bonds is 6. The lowest BCUT2D eigenvalue weighted by atomic mass is 10.1. The SMILES string of the molecule is COc1ccccc1OC1CN(C(=O)c2c(OC)cccc2OC)C1. The Balaban J connectivity index is 1.68. The highest BCUT2D eigenvalue weighted by molar-refractivity contribution is 6.00. The second-order valence-corrected chi connectivity index (χ2v) is 5.64. The van der Waals surface area contributed by atoms with E-state index in [-0.39, 0.29) is 12.0 Å². The van der Waals surface area contributed by atoms with Gasteiger partial charge in [0, 0.05) is 0 Å². The van der Waals surface area contributed by atoms with Crippen LogP contribution in [0, 0.1) is 0 Å². The molecule has 0 bridgehead atoms. The summed E-state index contributed by atoms with van der Waals surface area (Å²) in [4.78, 5) is 14.5. The summed E-state index contributed by atoms with van der Waals surface area (Å²) in [6.07, 6.45) is -0.0686. The van der Waals surface area contributed by atoms with E-state index >= 15 is 0 Å². The predicted octanol–water partition coefficient (Wildman–Crippen LogP) is 2.62. The molecule has 1 aliphatic rings. The molecule has 1 saturated heterocycles. The Morgan fingerprint density at radius 1 is 0.840 bits per heavy atom. The third kappa shape index (κ3) is 3.33. The zero-order valence-electron chi connectivity index (χ0n) is 14.5. The third-order valence-electron chi connectivity index (χ3n) is 4.14. The topological polar surface area (TPSA) is 57.2 Å². The van der Waals surface area contributed by atoms with Crippen LogP contribution < -0.4 is 18.9 Å². The summed E-state index contributed by atoms with van der Waals surface area (Å²) in [6, 6.07) is 12.8. The molecule has 1 heterocycles. The van der Waals surface area contributed by atoms with E-state index in [0.29, 0.717) is 41.7 Å². The van der Waals surface area contributed by atoms with Gasteiger partial charge < -0.3 is 23.8 Å². The second-order valence-electron chi connectivity index (χ2n) is 5.64. The fraction of sp³-hybridized carbons (Fsp3) is 0.316. The standard InChI is InChI=1S/C19H21NO5/c1-22-14-7-4-5-8-15(14)25-13-11-20(12-13)19(21)18-16(23-2)9-6-10-17(18)24-3/h4-10,13H,11-12H2,1-3H3. The van der Waals surface area contributed by atoms with Crippen molar-refractivity contribution >= 4 is 5.91 Å². The average Bonchev–Trinajstić information content (AvgIpc) is 2.63. The molecule has 0 aliphatic carbocycles. The fourth-order valence-electron chi connectivity index (χ4n) is 2.79. The number of methoxy groups -OCH3 is 3. The minimum absolute atomic E-state index is 0.0686. The van der Waals surface area contributed by atoms with Crippen LogP contribution in [0.4, 0.5) is 0 Å². The highest BCUT2D eigenvalue weighted by Gasteiger charge is 2.35. The highest BCUT2D eigenvalue weighted by Crippen LogP contribution is 2.32. The van der Waals surface area contributed by atoms with E-state index in [1.54, 1.807) is 30.2 Å². The normalized spacial score (nSPS) is 13.8. The van der Waals surface area contributed by atoms with Crippen LogP contribution in [0.15, 0.2) is 42.5 Å². The molecule has 132 valence electrons. The molecule has 25 heavy (non-hydrogen) atoms. The summed E-state index contributed by atoms with van der Waals surface area (Å²) in [5.41, 5.74) is 0.434. The number of likely N-dealkylation sites (tertiary alicyclic amines) is 1. The van der Waals surface area contributed by atoms with Crippen LogP contribution >= 0.6 is 0 Å². The van der Waals surface area contributed by atoms with Crippen molar-refractivity contribution < 1.29 is 23.7 Å². The van der Waals surface area contributed by atoms with Crippen molar-refractivity contribution in [3.63, 3.8) is 0 Å².